The van der Waals surface area contributed by atoms with Gasteiger partial charge in [-0.15, -0.1) is 0 Å². The summed E-state index contributed by atoms with van der Waals surface area (Å²) in [6.07, 6.45) is -4.05. The van der Waals surface area contributed by atoms with Crippen LogP contribution in [-0.4, -0.2) is 12.7 Å². The summed E-state index contributed by atoms with van der Waals surface area (Å²) in [5.74, 6) is 0. The first-order valence-corrected chi connectivity index (χ1v) is 6.64. The van der Waals surface area contributed by atoms with Crippen molar-refractivity contribution in [3.63, 3.8) is 0 Å². The molecule has 110 valence electrons. The molecule has 0 aliphatic carbocycles. The van der Waals surface area contributed by atoms with Gasteiger partial charge in [-0.25, -0.2) is 0 Å². The van der Waals surface area contributed by atoms with E-state index < -0.39 is 11.6 Å². The molecular formula is C15H24F3N. The number of alkyl halides is 3. The summed E-state index contributed by atoms with van der Waals surface area (Å²) in [5, 5.41) is 3.03. The normalized spacial score (nSPS) is 11.7. The zero-order valence-corrected chi connectivity index (χ0v) is 12.1. The fraction of sp³-hybridized carbons (Fsp3) is 0.600. The van der Waals surface area contributed by atoms with E-state index in [1.165, 1.54) is 13.8 Å². The predicted octanol–water partition coefficient (Wildman–Crippen LogP) is 4.78. The van der Waals surface area contributed by atoms with Crippen molar-refractivity contribution < 1.29 is 13.2 Å². The van der Waals surface area contributed by atoms with Crippen molar-refractivity contribution in [2.24, 2.45) is 5.41 Å². The molecule has 1 aromatic carbocycles. The number of benzene rings is 1. The van der Waals surface area contributed by atoms with Crippen molar-refractivity contribution in [2.75, 3.05) is 6.54 Å². The second-order valence-corrected chi connectivity index (χ2v) is 4.79. The van der Waals surface area contributed by atoms with Crippen LogP contribution < -0.4 is 5.32 Å². The van der Waals surface area contributed by atoms with Crippen molar-refractivity contribution in [1.29, 1.82) is 0 Å². The fourth-order valence-electron chi connectivity index (χ4n) is 1.37. The molecule has 0 amide bonds. The van der Waals surface area contributed by atoms with Gasteiger partial charge in [0.05, 0.1) is 5.41 Å². The summed E-state index contributed by atoms with van der Waals surface area (Å²) in [6.45, 7) is 7.44. The zero-order chi connectivity index (χ0) is 14.9. The quantitative estimate of drug-likeness (QED) is 0.762. The van der Waals surface area contributed by atoms with Crippen LogP contribution in [0, 0.1) is 5.41 Å². The second kappa shape index (κ2) is 8.20. The smallest absolute Gasteiger partial charge is 0.313 e. The molecule has 0 radical (unpaired) electrons. The summed E-state index contributed by atoms with van der Waals surface area (Å²) in [7, 11) is 0. The Balaban J connectivity index is 0.00000154. The molecular weight excluding hydrogens is 251 g/mol. The third kappa shape index (κ3) is 6.62. The van der Waals surface area contributed by atoms with Crippen LogP contribution in [0.2, 0.25) is 0 Å². The van der Waals surface area contributed by atoms with E-state index in [9.17, 15) is 13.2 Å². The molecule has 0 atom stereocenters. The first kappa shape index (κ1) is 18.0. The van der Waals surface area contributed by atoms with Crippen LogP contribution in [0.15, 0.2) is 30.3 Å². The summed E-state index contributed by atoms with van der Waals surface area (Å²) in [6, 6.07) is 9.63. The molecule has 4 heteroatoms. The van der Waals surface area contributed by atoms with E-state index in [-0.39, 0.29) is 6.42 Å². The van der Waals surface area contributed by atoms with Crippen molar-refractivity contribution in [2.45, 2.75) is 46.8 Å². The largest absolute Gasteiger partial charge is 0.394 e. The van der Waals surface area contributed by atoms with Gasteiger partial charge < -0.3 is 5.32 Å². The van der Waals surface area contributed by atoms with Crippen LogP contribution >= 0.6 is 0 Å². The maximum Gasteiger partial charge on any atom is 0.394 e. The number of hydrogen-bond acceptors (Lipinski definition) is 1. The lowest BCUT2D eigenvalue weighted by molar-refractivity contribution is -0.213. The second-order valence-electron chi connectivity index (χ2n) is 4.79. The minimum Gasteiger partial charge on any atom is -0.313 e. The molecule has 0 saturated carbocycles. The minimum absolute atomic E-state index is 0.0866. The molecule has 0 bridgehead atoms. The number of halogens is 3. The lowest BCUT2D eigenvalue weighted by Gasteiger charge is -2.27. The van der Waals surface area contributed by atoms with Crippen LogP contribution in [-0.2, 0) is 6.54 Å². The van der Waals surface area contributed by atoms with Crippen LogP contribution in [0.1, 0.15) is 39.7 Å². The number of hydrogen-bond donors (Lipinski definition) is 1. The predicted molar refractivity (Wildman–Crippen MR) is 73.9 cm³/mol. The van der Waals surface area contributed by atoms with E-state index in [2.05, 4.69) is 5.32 Å². The highest BCUT2D eigenvalue weighted by Crippen LogP contribution is 2.39. The van der Waals surface area contributed by atoms with Gasteiger partial charge in [-0.3, -0.25) is 0 Å². The molecule has 0 fully saturated rings. The van der Waals surface area contributed by atoms with Crippen LogP contribution in [0.3, 0.4) is 0 Å². The van der Waals surface area contributed by atoms with Gasteiger partial charge in [-0.1, -0.05) is 58.0 Å². The molecule has 1 N–H and O–H groups in total. The third-order valence-corrected chi connectivity index (χ3v) is 2.87. The van der Waals surface area contributed by atoms with Gasteiger partial charge in [0, 0.05) is 6.54 Å². The highest BCUT2D eigenvalue weighted by Gasteiger charge is 2.46. The Morgan fingerprint density at radius 3 is 2.00 bits per heavy atom. The molecule has 19 heavy (non-hydrogen) atoms. The molecule has 0 saturated heterocycles. The molecule has 1 rings (SSSR count). The van der Waals surface area contributed by atoms with E-state index in [4.69, 9.17) is 0 Å². The molecule has 0 aromatic heterocycles. The zero-order valence-electron chi connectivity index (χ0n) is 12.1. The van der Waals surface area contributed by atoms with E-state index in [1.807, 2.05) is 44.2 Å². The van der Waals surface area contributed by atoms with Gasteiger partial charge in [-0.05, 0) is 18.5 Å². The lowest BCUT2D eigenvalue weighted by Crippen LogP contribution is -2.35. The Morgan fingerprint density at radius 1 is 1.00 bits per heavy atom. The van der Waals surface area contributed by atoms with E-state index >= 15 is 0 Å². The van der Waals surface area contributed by atoms with Gasteiger partial charge in [0.25, 0.3) is 0 Å². The SMILES string of the molecule is CC.CC(C)(CCNCc1ccccc1)C(F)(F)F. The summed E-state index contributed by atoms with van der Waals surface area (Å²) >= 11 is 0. The Morgan fingerprint density at radius 2 is 1.53 bits per heavy atom. The maximum absolute atomic E-state index is 12.6. The fourth-order valence-corrected chi connectivity index (χ4v) is 1.37. The minimum atomic E-state index is -4.14. The summed E-state index contributed by atoms with van der Waals surface area (Å²) in [4.78, 5) is 0. The van der Waals surface area contributed by atoms with Gasteiger partial charge >= 0.3 is 6.18 Å². The first-order chi connectivity index (χ1) is 8.83. The Kier molecular flexibility index (Phi) is 7.76. The number of nitrogens with one attached hydrogen (secondary N) is 1. The van der Waals surface area contributed by atoms with Crippen LogP contribution in [0.25, 0.3) is 0 Å². The lowest BCUT2D eigenvalue weighted by atomic mass is 9.88. The van der Waals surface area contributed by atoms with Crippen molar-refractivity contribution >= 4 is 0 Å². The topological polar surface area (TPSA) is 12.0 Å². The molecule has 1 aromatic rings. The van der Waals surface area contributed by atoms with Crippen molar-refractivity contribution in [1.82, 2.24) is 5.32 Å². The molecule has 0 spiro atoms. The highest BCUT2D eigenvalue weighted by atomic mass is 19.4. The monoisotopic (exact) mass is 275 g/mol. The van der Waals surface area contributed by atoms with Crippen molar-refractivity contribution in [3.8, 4) is 0 Å². The Bertz CT molecular complexity index is 331. The average Bonchev–Trinajstić information content (AvgIpc) is 2.37. The van der Waals surface area contributed by atoms with E-state index in [0.717, 1.165) is 5.56 Å². The molecule has 0 unspecified atom stereocenters. The van der Waals surface area contributed by atoms with E-state index in [0.29, 0.717) is 13.1 Å². The highest BCUT2D eigenvalue weighted by molar-refractivity contribution is 5.14. The molecule has 1 nitrogen and oxygen atoms in total. The summed E-state index contributed by atoms with van der Waals surface area (Å²) < 4.78 is 37.7. The molecule has 0 heterocycles. The van der Waals surface area contributed by atoms with Crippen LogP contribution in [0.4, 0.5) is 13.2 Å². The van der Waals surface area contributed by atoms with Gasteiger partial charge in [-0.2, -0.15) is 13.2 Å². The third-order valence-electron chi connectivity index (χ3n) is 2.87. The standard InChI is InChI=1S/C13H18F3N.C2H6/c1-12(2,13(14,15)16)8-9-17-10-11-6-4-3-5-7-11;1-2/h3-7,17H,8-10H2,1-2H3;1-2H3. The van der Waals surface area contributed by atoms with Gasteiger partial charge in [0.2, 0.25) is 0 Å². The first-order valence-electron chi connectivity index (χ1n) is 6.64. The molecule has 0 aliphatic heterocycles. The van der Waals surface area contributed by atoms with Gasteiger partial charge in [0.15, 0.2) is 0 Å². The average molecular weight is 275 g/mol. The van der Waals surface area contributed by atoms with Crippen LogP contribution in [0.5, 0.6) is 0 Å². The number of rotatable bonds is 5. The van der Waals surface area contributed by atoms with Crippen molar-refractivity contribution in [3.05, 3.63) is 35.9 Å². The maximum atomic E-state index is 12.6. The van der Waals surface area contributed by atoms with E-state index in [1.54, 1.807) is 0 Å². The molecule has 0 aliphatic rings. The van der Waals surface area contributed by atoms with Gasteiger partial charge in [0.1, 0.15) is 0 Å². The Hall–Kier alpha value is -1.03. The Labute approximate surface area is 114 Å². The summed E-state index contributed by atoms with van der Waals surface area (Å²) in [5.41, 5.74) is -0.547.